The van der Waals surface area contributed by atoms with Crippen LogP contribution in [0.1, 0.15) is 12.8 Å². The van der Waals surface area contributed by atoms with Crippen LogP contribution in [0.4, 0.5) is 0 Å². The van der Waals surface area contributed by atoms with Gasteiger partial charge in [-0.15, -0.1) is 6.42 Å². The molecule has 102 valence electrons. The van der Waals surface area contributed by atoms with E-state index in [0.717, 1.165) is 17.3 Å². The molecule has 1 aliphatic rings. The summed E-state index contributed by atoms with van der Waals surface area (Å²) in [6.07, 6.45) is 7.39. The molecule has 1 fully saturated rings. The van der Waals surface area contributed by atoms with Gasteiger partial charge in [0, 0.05) is 11.0 Å². The average Bonchev–Trinajstić information content (AvgIpc) is 3.11. The second-order valence-corrected chi connectivity index (χ2v) is 7.75. The van der Waals surface area contributed by atoms with E-state index >= 15 is 0 Å². The number of rotatable bonds is 5. The van der Waals surface area contributed by atoms with Gasteiger partial charge in [-0.3, -0.25) is 0 Å². The molecule has 0 spiro atoms. The predicted octanol–water partition coefficient (Wildman–Crippen LogP) is 3.14. The third-order valence-corrected chi connectivity index (χ3v) is 5.73. The van der Waals surface area contributed by atoms with Crippen LogP contribution in [0.15, 0.2) is 27.6 Å². The molecule has 0 aliphatic heterocycles. The van der Waals surface area contributed by atoms with Crippen LogP contribution in [0.3, 0.4) is 0 Å². The van der Waals surface area contributed by atoms with E-state index in [1.54, 1.807) is 12.1 Å². The number of terminal acetylenes is 1. The predicted molar refractivity (Wildman–Crippen MR) is 79.5 cm³/mol. The molecule has 0 atom stereocenters. The van der Waals surface area contributed by atoms with E-state index in [9.17, 15) is 8.42 Å². The molecule has 3 nitrogen and oxygen atoms in total. The standard InChI is InChI=1S/C13H13BrClNO2S/c1-2-7-16(9-10-3-4-10)19(17,18)13-6-5-11(14)8-12(13)15/h1,5-6,8,10H,3-4,7,9H2. The normalized spacial score (nSPS) is 15.5. The van der Waals surface area contributed by atoms with Crippen LogP contribution in [0.5, 0.6) is 0 Å². The molecule has 2 rings (SSSR count). The molecule has 1 aliphatic carbocycles. The van der Waals surface area contributed by atoms with Crippen LogP contribution < -0.4 is 0 Å². The van der Waals surface area contributed by atoms with Gasteiger partial charge in [0.25, 0.3) is 0 Å². The summed E-state index contributed by atoms with van der Waals surface area (Å²) in [6.45, 7) is 0.546. The average molecular weight is 363 g/mol. The van der Waals surface area contributed by atoms with Crippen LogP contribution in [-0.2, 0) is 10.0 Å². The lowest BCUT2D eigenvalue weighted by molar-refractivity contribution is 0.430. The molecule has 0 aromatic heterocycles. The monoisotopic (exact) mass is 361 g/mol. The summed E-state index contributed by atoms with van der Waals surface area (Å²) in [5, 5.41) is 0.201. The lowest BCUT2D eigenvalue weighted by Crippen LogP contribution is -2.33. The van der Waals surface area contributed by atoms with Gasteiger partial charge in [-0.05, 0) is 37.0 Å². The van der Waals surface area contributed by atoms with Gasteiger partial charge in [0.1, 0.15) is 4.90 Å². The fourth-order valence-corrected chi connectivity index (χ4v) is 4.20. The van der Waals surface area contributed by atoms with Gasteiger partial charge in [-0.25, -0.2) is 8.42 Å². The Kier molecular flexibility index (Phi) is 4.57. The van der Waals surface area contributed by atoms with Crippen LogP contribution in [-0.4, -0.2) is 25.8 Å². The van der Waals surface area contributed by atoms with Crippen molar-refractivity contribution in [2.75, 3.05) is 13.1 Å². The van der Waals surface area contributed by atoms with E-state index in [1.165, 1.54) is 10.4 Å². The maximum Gasteiger partial charge on any atom is 0.245 e. The number of hydrogen-bond donors (Lipinski definition) is 0. The minimum absolute atomic E-state index is 0.0746. The Bertz CT molecular complexity index is 620. The summed E-state index contributed by atoms with van der Waals surface area (Å²) in [7, 11) is -3.63. The molecule has 0 amide bonds. The lowest BCUT2D eigenvalue weighted by Gasteiger charge is -2.20. The van der Waals surface area contributed by atoms with Crippen LogP contribution >= 0.6 is 27.5 Å². The van der Waals surface area contributed by atoms with E-state index < -0.39 is 10.0 Å². The number of benzene rings is 1. The molecule has 1 aromatic carbocycles. The van der Waals surface area contributed by atoms with E-state index in [4.69, 9.17) is 18.0 Å². The first-order valence-corrected chi connectivity index (χ1v) is 8.45. The highest BCUT2D eigenvalue weighted by molar-refractivity contribution is 9.10. The van der Waals surface area contributed by atoms with Crippen molar-refractivity contribution in [1.82, 2.24) is 4.31 Å². The SMILES string of the molecule is C#CCN(CC1CC1)S(=O)(=O)c1ccc(Br)cc1Cl. The van der Waals surface area contributed by atoms with Crippen molar-refractivity contribution >= 4 is 37.6 Å². The second kappa shape index (κ2) is 5.84. The first-order valence-electron chi connectivity index (χ1n) is 5.84. The topological polar surface area (TPSA) is 37.4 Å². The van der Waals surface area contributed by atoms with Crippen molar-refractivity contribution < 1.29 is 8.42 Å². The van der Waals surface area contributed by atoms with Gasteiger partial charge in [-0.2, -0.15) is 4.31 Å². The Morgan fingerprint density at radius 3 is 2.68 bits per heavy atom. The summed E-state index contributed by atoms with van der Waals surface area (Å²) >= 11 is 9.28. The minimum Gasteiger partial charge on any atom is -0.207 e. The molecule has 0 N–H and O–H groups in total. The molecule has 0 unspecified atom stereocenters. The third kappa shape index (κ3) is 3.51. The first-order chi connectivity index (χ1) is 8.95. The summed E-state index contributed by atoms with van der Waals surface area (Å²) in [5.74, 6) is 2.83. The largest absolute Gasteiger partial charge is 0.245 e. The van der Waals surface area contributed by atoms with Crippen LogP contribution in [0.2, 0.25) is 5.02 Å². The first kappa shape index (κ1) is 14.9. The zero-order valence-corrected chi connectivity index (χ0v) is 13.3. The van der Waals surface area contributed by atoms with Gasteiger partial charge in [0.2, 0.25) is 10.0 Å². The minimum atomic E-state index is -3.63. The lowest BCUT2D eigenvalue weighted by atomic mass is 10.4. The maximum atomic E-state index is 12.5. The van der Waals surface area contributed by atoms with Gasteiger partial charge in [0.15, 0.2) is 0 Å². The van der Waals surface area contributed by atoms with Crippen LogP contribution in [0.25, 0.3) is 0 Å². The van der Waals surface area contributed by atoms with Crippen molar-refractivity contribution in [3.05, 3.63) is 27.7 Å². The molecular weight excluding hydrogens is 350 g/mol. The Balaban J connectivity index is 2.35. The highest BCUT2D eigenvalue weighted by Crippen LogP contribution is 2.33. The molecular formula is C13H13BrClNO2S. The van der Waals surface area contributed by atoms with Crippen molar-refractivity contribution in [1.29, 1.82) is 0 Å². The molecule has 1 aromatic rings. The zero-order chi connectivity index (χ0) is 14.0. The summed E-state index contributed by atoms with van der Waals surface area (Å²) in [4.78, 5) is 0.105. The maximum absolute atomic E-state index is 12.5. The fourth-order valence-electron chi connectivity index (χ4n) is 1.76. The van der Waals surface area contributed by atoms with Gasteiger partial charge >= 0.3 is 0 Å². The highest BCUT2D eigenvalue weighted by atomic mass is 79.9. The number of nitrogens with zero attached hydrogens (tertiary/aromatic N) is 1. The highest BCUT2D eigenvalue weighted by Gasteiger charge is 2.32. The molecule has 0 radical (unpaired) electrons. The van der Waals surface area contributed by atoms with Crippen LogP contribution in [0, 0.1) is 18.3 Å². The van der Waals surface area contributed by atoms with Crippen molar-refractivity contribution in [3.63, 3.8) is 0 Å². The molecule has 0 bridgehead atoms. The smallest absolute Gasteiger partial charge is 0.207 e. The molecule has 0 heterocycles. The van der Waals surface area contributed by atoms with E-state index in [-0.39, 0.29) is 16.5 Å². The Morgan fingerprint density at radius 1 is 1.47 bits per heavy atom. The molecule has 1 saturated carbocycles. The molecule has 6 heteroatoms. The second-order valence-electron chi connectivity index (χ2n) is 4.52. The van der Waals surface area contributed by atoms with Crippen molar-refractivity contribution in [2.45, 2.75) is 17.7 Å². The van der Waals surface area contributed by atoms with Gasteiger partial charge in [0.05, 0.1) is 11.6 Å². The molecule has 0 saturated heterocycles. The van der Waals surface area contributed by atoms with Crippen molar-refractivity contribution in [2.24, 2.45) is 5.92 Å². The number of sulfonamides is 1. The molecule has 19 heavy (non-hydrogen) atoms. The quantitative estimate of drug-likeness (QED) is 0.755. The fraction of sp³-hybridized carbons (Fsp3) is 0.385. The van der Waals surface area contributed by atoms with E-state index in [2.05, 4.69) is 21.9 Å². The Labute approximate surface area is 127 Å². The van der Waals surface area contributed by atoms with E-state index in [1.807, 2.05) is 0 Å². The summed E-state index contributed by atoms with van der Waals surface area (Å²) < 4.78 is 27.2. The summed E-state index contributed by atoms with van der Waals surface area (Å²) in [6, 6.07) is 4.72. The Hall–Kier alpha value is -0.540. The van der Waals surface area contributed by atoms with Gasteiger partial charge < -0.3 is 0 Å². The third-order valence-electron chi connectivity index (χ3n) is 2.94. The Morgan fingerprint density at radius 2 is 2.16 bits per heavy atom. The van der Waals surface area contributed by atoms with Gasteiger partial charge in [-0.1, -0.05) is 33.5 Å². The number of halogens is 2. The summed E-state index contributed by atoms with van der Waals surface area (Å²) in [5.41, 5.74) is 0. The number of hydrogen-bond acceptors (Lipinski definition) is 2. The van der Waals surface area contributed by atoms with Crippen molar-refractivity contribution in [3.8, 4) is 12.3 Å². The zero-order valence-electron chi connectivity index (χ0n) is 10.1. The van der Waals surface area contributed by atoms with E-state index in [0.29, 0.717) is 12.5 Å².